The Bertz CT molecular complexity index is 202. The maximum absolute atomic E-state index is 3.18. The molecular formula is C14H19. The molecule has 1 rings (SSSR count). The van der Waals surface area contributed by atoms with E-state index in [9.17, 15) is 0 Å². The quantitative estimate of drug-likeness (QED) is 0.494. The van der Waals surface area contributed by atoms with Gasteiger partial charge >= 0.3 is 0 Å². The lowest BCUT2D eigenvalue weighted by Gasteiger charge is -1.90. The fourth-order valence-electron chi connectivity index (χ4n) is 1.34. The molecule has 0 aromatic carbocycles. The summed E-state index contributed by atoms with van der Waals surface area (Å²) in [4.78, 5) is 0. The van der Waals surface area contributed by atoms with E-state index >= 15 is 0 Å². The molecule has 0 nitrogen and oxygen atoms in total. The molecule has 1 aliphatic rings. The van der Waals surface area contributed by atoms with Gasteiger partial charge in [0.25, 0.3) is 0 Å². The fraction of sp³-hybridized carbons (Fsp3) is 0.429. The first kappa shape index (κ1) is 11.0. The van der Waals surface area contributed by atoms with Crippen LogP contribution in [0.2, 0.25) is 0 Å². The molecule has 0 amide bonds. The second-order valence-electron chi connectivity index (χ2n) is 3.45. The number of rotatable bonds is 0. The van der Waals surface area contributed by atoms with E-state index in [1.165, 1.54) is 12.8 Å². The first-order chi connectivity index (χ1) is 7.00. The van der Waals surface area contributed by atoms with Crippen LogP contribution in [0.4, 0.5) is 0 Å². The van der Waals surface area contributed by atoms with Crippen molar-refractivity contribution in [2.75, 3.05) is 0 Å². The third-order valence-electron chi connectivity index (χ3n) is 2.14. The Balaban J connectivity index is 2.34. The van der Waals surface area contributed by atoms with Gasteiger partial charge in [0, 0.05) is 0 Å². The average Bonchev–Trinajstić information content (AvgIpc) is 2.22. The molecule has 0 heterocycles. The van der Waals surface area contributed by atoms with Crippen LogP contribution in [-0.4, -0.2) is 0 Å². The van der Waals surface area contributed by atoms with Crippen LogP contribution in [0.1, 0.15) is 38.5 Å². The lowest BCUT2D eigenvalue weighted by molar-refractivity contribution is 0.982. The van der Waals surface area contributed by atoms with Crippen LogP contribution in [0.5, 0.6) is 0 Å². The predicted molar refractivity (Wildman–Crippen MR) is 62.9 cm³/mol. The molecule has 1 radical (unpaired) electrons. The van der Waals surface area contributed by atoms with Crippen LogP contribution in [0.15, 0.2) is 42.5 Å². The molecule has 14 heavy (non-hydrogen) atoms. The second kappa shape index (κ2) is 8.55. The van der Waals surface area contributed by atoms with Crippen molar-refractivity contribution in [3.05, 3.63) is 48.6 Å². The molecule has 0 unspecified atom stereocenters. The van der Waals surface area contributed by atoms with Gasteiger partial charge in [-0.15, -0.1) is 0 Å². The Kier molecular flexibility index (Phi) is 6.74. The Morgan fingerprint density at radius 3 is 1.71 bits per heavy atom. The van der Waals surface area contributed by atoms with Gasteiger partial charge in [0.15, 0.2) is 0 Å². The maximum atomic E-state index is 3.18. The van der Waals surface area contributed by atoms with Crippen molar-refractivity contribution in [1.29, 1.82) is 0 Å². The van der Waals surface area contributed by atoms with Crippen LogP contribution >= 0.6 is 0 Å². The normalized spacial score (nSPS) is 28.6. The summed E-state index contributed by atoms with van der Waals surface area (Å²) in [6.07, 6.45) is 25.5. The zero-order valence-electron chi connectivity index (χ0n) is 8.78. The molecule has 0 fully saturated rings. The van der Waals surface area contributed by atoms with Gasteiger partial charge in [0.1, 0.15) is 0 Å². The van der Waals surface area contributed by atoms with E-state index in [1.807, 2.05) is 6.08 Å². The largest absolute Gasteiger partial charge is 0.0882 e. The Labute approximate surface area is 87.7 Å². The third-order valence-corrected chi connectivity index (χ3v) is 2.14. The zero-order chi connectivity index (χ0) is 9.90. The maximum Gasteiger partial charge on any atom is -0.0230 e. The van der Waals surface area contributed by atoms with Crippen LogP contribution in [-0.2, 0) is 0 Å². The molecule has 0 aromatic heterocycles. The first-order valence-electron chi connectivity index (χ1n) is 5.53. The van der Waals surface area contributed by atoms with Crippen LogP contribution in [0.3, 0.4) is 0 Å². The first-order valence-corrected chi connectivity index (χ1v) is 5.53. The van der Waals surface area contributed by atoms with Crippen molar-refractivity contribution in [2.45, 2.75) is 38.5 Å². The SMILES string of the molecule is [C]1=C/CC/C=C/CC/C=C/CC/C=C/1. The van der Waals surface area contributed by atoms with Gasteiger partial charge in [-0.1, -0.05) is 42.5 Å². The summed E-state index contributed by atoms with van der Waals surface area (Å²) in [5.41, 5.74) is 0. The molecule has 0 saturated carbocycles. The predicted octanol–water partition coefficient (Wildman–Crippen LogP) is 4.37. The summed E-state index contributed by atoms with van der Waals surface area (Å²) in [6.45, 7) is 0. The molecule has 0 atom stereocenters. The van der Waals surface area contributed by atoms with Crippen LogP contribution in [0, 0.1) is 6.08 Å². The minimum atomic E-state index is 1.11. The summed E-state index contributed by atoms with van der Waals surface area (Å²) < 4.78 is 0. The van der Waals surface area contributed by atoms with E-state index in [0.29, 0.717) is 0 Å². The van der Waals surface area contributed by atoms with E-state index in [2.05, 4.69) is 42.5 Å². The summed E-state index contributed by atoms with van der Waals surface area (Å²) in [5, 5.41) is 0. The highest BCUT2D eigenvalue weighted by atomic mass is 13.9. The standard InChI is InChI=1S/C14H19/c1-2-4-6-8-10-12-14-13-11-9-7-5-3-1/h1-2,7-10,14H,3-6,11,13H2/b2-1+,9-7+,10-8+,14-12?. The van der Waals surface area contributed by atoms with Crippen molar-refractivity contribution in [3.63, 3.8) is 0 Å². The van der Waals surface area contributed by atoms with Gasteiger partial charge < -0.3 is 0 Å². The smallest absolute Gasteiger partial charge is 0.0230 e. The summed E-state index contributed by atoms with van der Waals surface area (Å²) in [6, 6.07) is 0. The number of allylic oxidation sites excluding steroid dienone is 8. The highest BCUT2D eigenvalue weighted by molar-refractivity contribution is 4.98. The molecule has 0 heteroatoms. The molecular weight excluding hydrogens is 168 g/mol. The lowest BCUT2D eigenvalue weighted by Crippen LogP contribution is -1.70. The molecule has 0 aliphatic heterocycles. The van der Waals surface area contributed by atoms with E-state index < -0.39 is 0 Å². The zero-order valence-corrected chi connectivity index (χ0v) is 8.78. The highest BCUT2D eigenvalue weighted by Crippen LogP contribution is 2.01. The van der Waals surface area contributed by atoms with Gasteiger partial charge in [-0.2, -0.15) is 0 Å². The van der Waals surface area contributed by atoms with Crippen molar-refractivity contribution in [2.24, 2.45) is 0 Å². The Morgan fingerprint density at radius 1 is 0.571 bits per heavy atom. The Hall–Kier alpha value is -1.04. The van der Waals surface area contributed by atoms with E-state index in [0.717, 1.165) is 25.7 Å². The van der Waals surface area contributed by atoms with Crippen molar-refractivity contribution < 1.29 is 0 Å². The minimum Gasteiger partial charge on any atom is -0.0882 e. The van der Waals surface area contributed by atoms with Gasteiger partial charge in [-0.25, -0.2) is 0 Å². The summed E-state index contributed by atoms with van der Waals surface area (Å²) in [7, 11) is 0. The van der Waals surface area contributed by atoms with E-state index in [-0.39, 0.29) is 0 Å². The molecule has 0 saturated heterocycles. The topological polar surface area (TPSA) is 0 Å². The van der Waals surface area contributed by atoms with Gasteiger partial charge in [0.2, 0.25) is 0 Å². The highest BCUT2D eigenvalue weighted by Gasteiger charge is 1.81. The van der Waals surface area contributed by atoms with Crippen molar-refractivity contribution >= 4 is 0 Å². The second-order valence-corrected chi connectivity index (χ2v) is 3.45. The third kappa shape index (κ3) is 6.47. The van der Waals surface area contributed by atoms with Gasteiger partial charge in [0.05, 0.1) is 0 Å². The average molecular weight is 187 g/mol. The molecule has 0 aromatic rings. The van der Waals surface area contributed by atoms with Crippen LogP contribution < -0.4 is 0 Å². The lowest BCUT2D eigenvalue weighted by atomic mass is 10.2. The number of hydrogen-bond acceptors (Lipinski definition) is 0. The van der Waals surface area contributed by atoms with Gasteiger partial charge in [-0.3, -0.25) is 0 Å². The molecule has 0 N–H and O–H groups in total. The summed E-state index contributed by atoms with van der Waals surface area (Å²) >= 11 is 0. The van der Waals surface area contributed by atoms with Gasteiger partial charge in [-0.05, 0) is 44.6 Å². The molecule has 1 aliphatic carbocycles. The minimum absolute atomic E-state index is 1.11. The number of hydrogen-bond donors (Lipinski definition) is 0. The van der Waals surface area contributed by atoms with Crippen molar-refractivity contribution in [1.82, 2.24) is 0 Å². The monoisotopic (exact) mass is 187 g/mol. The van der Waals surface area contributed by atoms with Crippen molar-refractivity contribution in [3.8, 4) is 0 Å². The molecule has 0 spiro atoms. The fourth-order valence-corrected chi connectivity index (χ4v) is 1.34. The molecule has 75 valence electrons. The van der Waals surface area contributed by atoms with E-state index in [1.54, 1.807) is 0 Å². The Morgan fingerprint density at radius 2 is 1.07 bits per heavy atom. The van der Waals surface area contributed by atoms with Crippen LogP contribution in [0.25, 0.3) is 0 Å². The van der Waals surface area contributed by atoms with E-state index in [4.69, 9.17) is 0 Å². The summed E-state index contributed by atoms with van der Waals surface area (Å²) in [5.74, 6) is 0. The molecule has 0 bridgehead atoms.